The summed E-state index contributed by atoms with van der Waals surface area (Å²) in [6, 6.07) is 10.7. The van der Waals surface area contributed by atoms with Crippen LogP contribution in [0.25, 0.3) is 10.9 Å². The van der Waals surface area contributed by atoms with Crippen molar-refractivity contribution in [3.05, 3.63) is 41.6 Å². The van der Waals surface area contributed by atoms with E-state index in [-0.39, 0.29) is 5.54 Å². The van der Waals surface area contributed by atoms with E-state index in [1.165, 1.54) is 23.8 Å². The minimum atomic E-state index is 0.260. The summed E-state index contributed by atoms with van der Waals surface area (Å²) in [5, 5.41) is 4.95. The minimum Gasteiger partial charge on any atom is -0.311 e. The predicted octanol–water partition coefficient (Wildman–Crippen LogP) is 3.23. The summed E-state index contributed by atoms with van der Waals surface area (Å²) in [4.78, 5) is 4.61. The van der Waals surface area contributed by atoms with Crippen LogP contribution < -0.4 is 5.32 Å². The summed E-state index contributed by atoms with van der Waals surface area (Å²) in [6.45, 7) is 5.57. The van der Waals surface area contributed by atoms with Crippen molar-refractivity contribution < 1.29 is 0 Å². The largest absolute Gasteiger partial charge is 0.311 e. The van der Waals surface area contributed by atoms with Crippen LogP contribution >= 0.6 is 0 Å². The first-order valence-corrected chi connectivity index (χ1v) is 6.77. The Morgan fingerprint density at radius 1 is 1.33 bits per heavy atom. The third-order valence-electron chi connectivity index (χ3n) is 3.97. The molecule has 1 fully saturated rings. The van der Waals surface area contributed by atoms with Gasteiger partial charge in [-0.2, -0.15) is 0 Å². The number of aromatic nitrogens is 1. The molecule has 94 valence electrons. The SMILES string of the molecule is Cc1cc(CC2(C)CCCN2)c2ccccc2n1. The normalized spacial score (nSPS) is 23.7. The van der Waals surface area contributed by atoms with Crippen LogP contribution in [0.5, 0.6) is 0 Å². The number of fused-ring (bicyclic) bond motifs is 1. The Bertz CT molecular complexity index is 568. The highest BCUT2D eigenvalue weighted by Gasteiger charge is 2.28. The van der Waals surface area contributed by atoms with E-state index >= 15 is 0 Å². The number of para-hydroxylation sites is 1. The lowest BCUT2D eigenvalue weighted by atomic mass is 9.89. The van der Waals surface area contributed by atoms with E-state index in [1.807, 2.05) is 0 Å². The second-order valence-corrected chi connectivity index (χ2v) is 5.71. The zero-order valence-electron chi connectivity index (χ0n) is 11.2. The van der Waals surface area contributed by atoms with E-state index in [1.54, 1.807) is 0 Å². The Kier molecular flexibility index (Phi) is 2.83. The van der Waals surface area contributed by atoms with Gasteiger partial charge in [-0.15, -0.1) is 0 Å². The van der Waals surface area contributed by atoms with Gasteiger partial charge in [0.05, 0.1) is 5.52 Å². The van der Waals surface area contributed by atoms with E-state index in [9.17, 15) is 0 Å². The molecule has 1 saturated heterocycles. The molecule has 0 amide bonds. The lowest BCUT2D eigenvalue weighted by molar-refractivity contribution is 0.413. The number of nitrogens with zero attached hydrogens (tertiary/aromatic N) is 1. The topological polar surface area (TPSA) is 24.9 Å². The van der Waals surface area contributed by atoms with Gasteiger partial charge in [-0.25, -0.2) is 0 Å². The number of pyridine rings is 1. The molecule has 2 heterocycles. The summed E-state index contributed by atoms with van der Waals surface area (Å²) in [5.74, 6) is 0. The van der Waals surface area contributed by atoms with Gasteiger partial charge >= 0.3 is 0 Å². The van der Waals surface area contributed by atoms with Gasteiger partial charge in [0.15, 0.2) is 0 Å². The van der Waals surface area contributed by atoms with Crippen molar-refractivity contribution in [1.29, 1.82) is 0 Å². The van der Waals surface area contributed by atoms with Gasteiger partial charge in [0.1, 0.15) is 0 Å². The number of nitrogens with one attached hydrogen (secondary N) is 1. The molecular formula is C16H20N2. The van der Waals surface area contributed by atoms with Crippen molar-refractivity contribution in [2.45, 2.75) is 38.6 Å². The van der Waals surface area contributed by atoms with Gasteiger partial charge in [0.2, 0.25) is 0 Å². The molecule has 1 N–H and O–H groups in total. The molecule has 0 spiro atoms. The zero-order valence-corrected chi connectivity index (χ0v) is 11.2. The van der Waals surface area contributed by atoms with Crippen LogP contribution in [0.2, 0.25) is 0 Å². The van der Waals surface area contributed by atoms with Crippen LogP contribution in [-0.2, 0) is 6.42 Å². The van der Waals surface area contributed by atoms with Crippen molar-refractivity contribution in [3.63, 3.8) is 0 Å². The first-order chi connectivity index (χ1) is 8.66. The van der Waals surface area contributed by atoms with Crippen molar-refractivity contribution in [3.8, 4) is 0 Å². The summed E-state index contributed by atoms with van der Waals surface area (Å²) in [5.41, 5.74) is 3.92. The molecule has 1 aliphatic rings. The number of benzene rings is 1. The summed E-state index contributed by atoms with van der Waals surface area (Å²) in [6.07, 6.45) is 3.65. The maximum absolute atomic E-state index is 4.61. The molecule has 0 saturated carbocycles. The predicted molar refractivity (Wildman–Crippen MR) is 75.8 cm³/mol. The Morgan fingerprint density at radius 2 is 2.17 bits per heavy atom. The summed E-state index contributed by atoms with van der Waals surface area (Å²) >= 11 is 0. The van der Waals surface area contributed by atoms with Crippen molar-refractivity contribution in [1.82, 2.24) is 10.3 Å². The molecular weight excluding hydrogens is 220 g/mol. The summed E-state index contributed by atoms with van der Waals surface area (Å²) in [7, 11) is 0. The van der Waals surface area contributed by atoms with Gasteiger partial charge in [0.25, 0.3) is 0 Å². The lowest BCUT2D eigenvalue weighted by Crippen LogP contribution is -2.38. The molecule has 1 unspecified atom stereocenters. The molecule has 18 heavy (non-hydrogen) atoms. The fraction of sp³-hybridized carbons (Fsp3) is 0.438. The third-order valence-corrected chi connectivity index (χ3v) is 3.97. The highest BCUT2D eigenvalue weighted by molar-refractivity contribution is 5.82. The number of hydrogen-bond acceptors (Lipinski definition) is 2. The zero-order chi connectivity index (χ0) is 12.6. The number of aryl methyl sites for hydroxylation is 1. The number of rotatable bonds is 2. The molecule has 1 aromatic heterocycles. The van der Waals surface area contributed by atoms with E-state index in [0.29, 0.717) is 0 Å². The molecule has 0 radical (unpaired) electrons. The first-order valence-electron chi connectivity index (χ1n) is 6.77. The summed E-state index contributed by atoms with van der Waals surface area (Å²) < 4.78 is 0. The van der Waals surface area contributed by atoms with Gasteiger partial charge < -0.3 is 5.32 Å². The monoisotopic (exact) mass is 240 g/mol. The van der Waals surface area contributed by atoms with Crippen LogP contribution in [0.3, 0.4) is 0 Å². The molecule has 1 aromatic carbocycles. The first kappa shape index (κ1) is 11.7. The maximum atomic E-state index is 4.61. The van der Waals surface area contributed by atoms with E-state index < -0.39 is 0 Å². The standard InChI is InChI=1S/C16H20N2/c1-12-10-13(11-16(2)8-5-9-17-16)14-6-3-4-7-15(14)18-12/h3-4,6-7,10,17H,5,8-9,11H2,1-2H3. The van der Waals surface area contributed by atoms with Gasteiger partial charge in [0, 0.05) is 16.6 Å². The van der Waals surface area contributed by atoms with Crippen LogP contribution in [0.15, 0.2) is 30.3 Å². The highest BCUT2D eigenvalue weighted by atomic mass is 15.0. The molecule has 2 heteroatoms. The van der Waals surface area contributed by atoms with Gasteiger partial charge in [-0.3, -0.25) is 4.98 Å². The fourth-order valence-corrected chi connectivity index (χ4v) is 3.07. The number of hydrogen-bond donors (Lipinski definition) is 1. The molecule has 1 aliphatic heterocycles. The Balaban J connectivity index is 2.05. The van der Waals surface area contributed by atoms with Crippen molar-refractivity contribution >= 4 is 10.9 Å². The third kappa shape index (κ3) is 2.13. The van der Waals surface area contributed by atoms with Crippen LogP contribution in [0.4, 0.5) is 0 Å². The molecule has 0 bridgehead atoms. The second kappa shape index (κ2) is 4.36. The minimum absolute atomic E-state index is 0.260. The van der Waals surface area contributed by atoms with Gasteiger partial charge in [-0.1, -0.05) is 18.2 Å². The second-order valence-electron chi connectivity index (χ2n) is 5.71. The molecule has 0 aliphatic carbocycles. The Morgan fingerprint density at radius 3 is 2.94 bits per heavy atom. The van der Waals surface area contributed by atoms with Crippen molar-refractivity contribution in [2.24, 2.45) is 0 Å². The Labute approximate surface area is 108 Å². The van der Waals surface area contributed by atoms with Crippen molar-refractivity contribution in [2.75, 3.05) is 6.54 Å². The lowest BCUT2D eigenvalue weighted by Gasteiger charge is -2.25. The quantitative estimate of drug-likeness (QED) is 0.871. The molecule has 3 rings (SSSR count). The smallest absolute Gasteiger partial charge is 0.0707 e. The van der Waals surface area contributed by atoms with Crippen LogP contribution in [0, 0.1) is 6.92 Å². The fourth-order valence-electron chi connectivity index (χ4n) is 3.07. The van der Waals surface area contributed by atoms with Gasteiger partial charge in [-0.05, 0) is 57.4 Å². The van der Waals surface area contributed by atoms with E-state index in [0.717, 1.165) is 24.2 Å². The van der Waals surface area contributed by atoms with Crippen LogP contribution in [0.1, 0.15) is 31.0 Å². The van der Waals surface area contributed by atoms with E-state index in [2.05, 4.69) is 54.5 Å². The van der Waals surface area contributed by atoms with E-state index in [4.69, 9.17) is 0 Å². The molecule has 2 nitrogen and oxygen atoms in total. The Hall–Kier alpha value is -1.41. The average Bonchev–Trinajstić information content (AvgIpc) is 2.75. The van der Waals surface area contributed by atoms with Crippen LogP contribution in [-0.4, -0.2) is 17.1 Å². The average molecular weight is 240 g/mol. The molecule has 2 aromatic rings. The molecule has 1 atom stereocenters. The highest BCUT2D eigenvalue weighted by Crippen LogP contribution is 2.27. The maximum Gasteiger partial charge on any atom is 0.0707 e.